The van der Waals surface area contributed by atoms with Crippen molar-refractivity contribution in [3.05, 3.63) is 29.6 Å². The first kappa shape index (κ1) is 15.3. The van der Waals surface area contributed by atoms with Gasteiger partial charge in [-0.05, 0) is 50.3 Å². The van der Waals surface area contributed by atoms with E-state index in [4.69, 9.17) is 15.2 Å². The molecule has 20 heavy (non-hydrogen) atoms. The molecule has 3 nitrogen and oxygen atoms in total. The fourth-order valence-electron chi connectivity index (χ4n) is 2.74. The first-order chi connectivity index (χ1) is 9.58. The van der Waals surface area contributed by atoms with Crippen LogP contribution in [0.25, 0.3) is 0 Å². The Kier molecular flexibility index (Phi) is 5.38. The predicted molar refractivity (Wildman–Crippen MR) is 77.4 cm³/mol. The van der Waals surface area contributed by atoms with Crippen LogP contribution in [0.1, 0.15) is 38.2 Å². The van der Waals surface area contributed by atoms with Crippen molar-refractivity contribution in [2.75, 3.05) is 7.11 Å². The molecule has 0 spiro atoms. The van der Waals surface area contributed by atoms with Crippen molar-refractivity contribution in [3.63, 3.8) is 0 Å². The number of methoxy groups -OCH3 is 1. The Morgan fingerprint density at radius 1 is 1.35 bits per heavy atom. The minimum atomic E-state index is -0.303. The van der Waals surface area contributed by atoms with E-state index in [-0.39, 0.29) is 24.1 Å². The molecular formula is C16H24FNO2. The summed E-state index contributed by atoms with van der Waals surface area (Å²) in [6, 6.07) is 5.15. The minimum Gasteiger partial charge on any atom is -0.487 e. The van der Waals surface area contributed by atoms with Crippen LogP contribution in [0.4, 0.5) is 4.39 Å². The molecule has 0 saturated heterocycles. The number of nitrogens with two attached hydrogens (primary N) is 1. The highest BCUT2D eigenvalue weighted by Gasteiger charge is 2.23. The first-order valence-electron chi connectivity index (χ1n) is 7.32. The standard InChI is InChI=1S/C16H24FNO2/c1-11(18)8-12-6-7-16(15(17)9-12)20-14-5-3-4-13(10-14)19-2/h6-7,9,11,13-14H,3-5,8,10,18H2,1-2H3. The Labute approximate surface area is 120 Å². The van der Waals surface area contributed by atoms with Crippen LogP contribution in [0.15, 0.2) is 18.2 Å². The maximum atomic E-state index is 14.0. The summed E-state index contributed by atoms with van der Waals surface area (Å²) in [4.78, 5) is 0. The second-order valence-electron chi connectivity index (χ2n) is 5.71. The lowest BCUT2D eigenvalue weighted by atomic mass is 9.95. The van der Waals surface area contributed by atoms with Gasteiger partial charge in [0.25, 0.3) is 0 Å². The summed E-state index contributed by atoms with van der Waals surface area (Å²) in [5.74, 6) is 0.0304. The van der Waals surface area contributed by atoms with E-state index in [2.05, 4.69) is 0 Å². The summed E-state index contributed by atoms with van der Waals surface area (Å²) in [6.07, 6.45) is 4.86. The van der Waals surface area contributed by atoms with Crippen molar-refractivity contribution in [3.8, 4) is 5.75 Å². The molecule has 0 aromatic heterocycles. The maximum absolute atomic E-state index is 14.0. The Balaban J connectivity index is 1.98. The molecule has 0 amide bonds. The molecule has 3 atom stereocenters. The lowest BCUT2D eigenvalue weighted by Crippen LogP contribution is -2.29. The van der Waals surface area contributed by atoms with Gasteiger partial charge < -0.3 is 15.2 Å². The minimum absolute atomic E-state index is 0.0296. The van der Waals surface area contributed by atoms with Crippen LogP contribution in [-0.2, 0) is 11.2 Å². The molecule has 0 radical (unpaired) electrons. The van der Waals surface area contributed by atoms with Gasteiger partial charge in [-0.25, -0.2) is 4.39 Å². The highest BCUT2D eigenvalue weighted by Crippen LogP contribution is 2.27. The van der Waals surface area contributed by atoms with Gasteiger partial charge in [0, 0.05) is 19.6 Å². The van der Waals surface area contributed by atoms with Crippen LogP contribution in [-0.4, -0.2) is 25.4 Å². The number of halogens is 1. The molecule has 1 aromatic carbocycles. The molecule has 1 aromatic rings. The summed E-state index contributed by atoms with van der Waals surface area (Å²) in [5.41, 5.74) is 6.63. The normalized spacial score (nSPS) is 24.4. The van der Waals surface area contributed by atoms with Crippen LogP contribution >= 0.6 is 0 Å². The third-order valence-corrected chi connectivity index (χ3v) is 3.76. The summed E-state index contributed by atoms with van der Waals surface area (Å²) in [5, 5.41) is 0. The second kappa shape index (κ2) is 7.04. The number of ether oxygens (including phenoxy) is 2. The third-order valence-electron chi connectivity index (χ3n) is 3.76. The number of hydrogen-bond acceptors (Lipinski definition) is 3. The van der Waals surface area contributed by atoms with Gasteiger partial charge in [-0.3, -0.25) is 0 Å². The van der Waals surface area contributed by atoms with E-state index in [1.165, 1.54) is 6.07 Å². The van der Waals surface area contributed by atoms with Crippen LogP contribution in [0, 0.1) is 5.82 Å². The zero-order chi connectivity index (χ0) is 14.5. The molecule has 3 unspecified atom stereocenters. The van der Waals surface area contributed by atoms with Gasteiger partial charge in [-0.15, -0.1) is 0 Å². The summed E-state index contributed by atoms with van der Waals surface area (Å²) in [6.45, 7) is 1.91. The molecule has 0 heterocycles. The Morgan fingerprint density at radius 3 is 2.75 bits per heavy atom. The summed E-state index contributed by atoms with van der Waals surface area (Å²) in [7, 11) is 1.72. The molecule has 4 heteroatoms. The van der Waals surface area contributed by atoms with Crippen molar-refractivity contribution in [2.45, 2.75) is 57.3 Å². The van der Waals surface area contributed by atoms with E-state index >= 15 is 0 Å². The number of rotatable bonds is 5. The van der Waals surface area contributed by atoms with E-state index in [1.54, 1.807) is 13.2 Å². The zero-order valence-electron chi connectivity index (χ0n) is 12.3. The zero-order valence-corrected chi connectivity index (χ0v) is 12.3. The average molecular weight is 281 g/mol. The van der Waals surface area contributed by atoms with Crippen LogP contribution in [0.3, 0.4) is 0 Å². The Morgan fingerprint density at radius 2 is 2.10 bits per heavy atom. The first-order valence-corrected chi connectivity index (χ1v) is 7.32. The monoisotopic (exact) mass is 281 g/mol. The SMILES string of the molecule is COC1CCCC(Oc2ccc(CC(C)N)cc2F)C1. The smallest absolute Gasteiger partial charge is 0.165 e. The fraction of sp³-hybridized carbons (Fsp3) is 0.625. The van der Waals surface area contributed by atoms with Gasteiger partial charge in [0.15, 0.2) is 11.6 Å². The van der Waals surface area contributed by atoms with Crippen molar-refractivity contribution >= 4 is 0 Å². The average Bonchev–Trinajstić information content (AvgIpc) is 2.41. The van der Waals surface area contributed by atoms with E-state index < -0.39 is 0 Å². The molecule has 0 bridgehead atoms. The molecule has 112 valence electrons. The van der Waals surface area contributed by atoms with Gasteiger partial charge in [-0.1, -0.05) is 6.07 Å². The van der Waals surface area contributed by atoms with Crippen molar-refractivity contribution in [1.82, 2.24) is 0 Å². The van der Waals surface area contributed by atoms with Gasteiger partial charge in [0.1, 0.15) is 6.10 Å². The molecule has 2 N–H and O–H groups in total. The topological polar surface area (TPSA) is 44.5 Å². The molecule has 1 saturated carbocycles. The molecule has 2 rings (SSSR count). The van der Waals surface area contributed by atoms with Crippen LogP contribution in [0.5, 0.6) is 5.75 Å². The highest BCUT2D eigenvalue weighted by atomic mass is 19.1. The van der Waals surface area contributed by atoms with Gasteiger partial charge in [-0.2, -0.15) is 0 Å². The maximum Gasteiger partial charge on any atom is 0.165 e. The van der Waals surface area contributed by atoms with Crippen molar-refractivity contribution < 1.29 is 13.9 Å². The lowest BCUT2D eigenvalue weighted by molar-refractivity contribution is 0.0197. The van der Waals surface area contributed by atoms with E-state index in [0.717, 1.165) is 31.2 Å². The molecule has 1 aliphatic rings. The predicted octanol–water partition coefficient (Wildman–Crippen LogP) is 3.05. The summed E-state index contributed by atoms with van der Waals surface area (Å²) >= 11 is 0. The molecule has 1 fully saturated rings. The van der Waals surface area contributed by atoms with Gasteiger partial charge in [0.2, 0.25) is 0 Å². The molecule has 0 aliphatic heterocycles. The Bertz CT molecular complexity index is 436. The van der Waals surface area contributed by atoms with Crippen LogP contribution < -0.4 is 10.5 Å². The van der Waals surface area contributed by atoms with E-state index in [1.807, 2.05) is 13.0 Å². The highest BCUT2D eigenvalue weighted by molar-refractivity contribution is 5.30. The van der Waals surface area contributed by atoms with Crippen molar-refractivity contribution in [2.24, 2.45) is 5.73 Å². The Hall–Kier alpha value is -1.13. The fourth-order valence-corrected chi connectivity index (χ4v) is 2.74. The van der Waals surface area contributed by atoms with Gasteiger partial charge in [0.05, 0.1) is 6.10 Å². The van der Waals surface area contributed by atoms with Crippen LogP contribution in [0.2, 0.25) is 0 Å². The third kappa shape index (κ3) is 4.18. The molecule has 1 aliphatic carbocycles. The number of hydrogen-bond donors (Lipinski definition) is 1. The lowest BCUT2D eigenvalue weighted by Gasteiger charge is -2.28. The largest absolute Gasteiger partial charge is 0.487 e. The molecular weight excluding hydrogens is 257 g/mol. The summed E-state index contributed by atoms with van der Waals surface area (Å²) < 4.78 is 25.2. The second-order valence-corrected chi connectivity index (χ2v) is 5.71. The van der Waals surface area contributed by atoms with E-state index in [0.29, 0.717) is 12.2 Å². The number of benzene rings is 1. The quantitative estimate of drug-likeness (QED) is 0.902. The van der Waals surface area contributed by atoms with Gasteiger partial charge >= 0.3 is 0 Å². The van der Waals surface area contributed by atoms with Crippen molar-refractivity contribution in [1.29, 1.82) is 0 Å². The van der Waals surface area contributed by atoms with E-state index in [9.17, 15) is 4.39 Å².